The second kappa shape index (κ2) is 13.3. The summed E-state index contributed by atoms with van der Waals surface area (Å²) in [5, 5.41) is 3.10. The second-order valence-electron chi connectivity index (χ2n) is 8.92. The minimum Gasteiger partial charge on any atom is -0.352 e. The number of hydrogen-bond acceptors (Lipinski definition) is 4. The monoisotopic (exact) mass is 619 g/mol. The van der Waals surface area contributed by atoms with Crippen LogP contribution in [-0.2, 0) is 26.2 Å². The molecule has 0 aliphatic carbocycles. The highest BCUT2D eigenvalue weighted by molar-refractivity contribution is 9.10. The lowest BCUT2D eigenvalue weighted by molar-refractivity contribution is -0.139. The van der Waals surface area contributed by atoms with Crippen LogP contribution in [-0.4, -0.2) is 43.8 Å². The Morgan fingerprint density at radius 3 is 2.16 bits per heavy atom. The number of benzene rings is 3. The van der Waals surface area contributed by atoms with E-state index in [2.05, 4.69) is 21.2 Å². The summed E-state index contributed by atoms with van der Waals surface area (Å²) in [5.41, 5.74) is 0.964. The number of para-hydroxylation sites is 1. The Morgan fingerprint density at radius 1 is 0.947 bits per heavy atom. The molecule has 3 rings (SSSR count). The van der Waals surface area contributed by atoms with Crippen molar-refractivity contribution >= 4 is 55.1 Å². The van der Waals surface area contributed by atoms with Crippen LogP contribution in [0.1, 0.15) is 32.8 Å². The standard InChI is InChI=1S/C28H31BrClN3O4S/c1-4-20(2)31-28(35)21(3)32(18-22-14-16-23(29)17-15-22)27(34)19-33(26-13-9-8-12-25(26)30)38(36,37)24-10-6-5-7-11-24/h5-17,20-21H,4,18-19H2,1-3H3,(H,31,35)/t20-,21+/m1/s1. The number of anilines is 1. The van der Waals surface area contributed by atoms with Gasteiger partial charge in [-0.15, -0.1) is 0 Å². The van der Waals surface area contributed by atoms with Gasteiger partial charge < -0.3 is 10.2 Å². The predicted molar refractivity (Wildman–Crippen MR) is 154 cm³/mol. The van der Waals surface area contributed by atoms with Crippen LogP contribution in [0, 0.1) is 0 Å². The minimum atomic E-state index is -4.16. The molecule has 0 aromatic heterocycles. The Labute approximate surface area is 238 Å². The molecular formula is C28H31BrClN3O4S. The molecule has 1 N–H and O–H groups in total. The summed E-state index contributed by atoms with van der Waals surface area (Å²) in [6.07, 6.45) is 0.731. The summed E-state index contributed by atoms with van der Waals surface area (Å²) in [7, 11) is -4.16. The first-order valence-electron chi connectivity index (χ1n) is 12.2. The lowest BCUT2D eigenvalue weighted by Crippen LogP contribution is -2.52. The summed E-state index contributed by atoms with van der Waals surface area (Å²) in [6, 6.07) is 20.8. The predicted octanol–water partition coefficient (Wildman–Crippen LogP) is 5.63. The molecule has 10 heteroatoms. The van der Waals surface area contributed by atoms with Gasteiger partial charge in [0.25, 0.3) is 10.0 Å². The van der Waals surface area contributed by atoms with Crippen molar-refractivity contribution in [1.82, 2.24) is 10.2 Å². The van der Waals surface area contributed by atoms with Gasteiger partial charge >= 0.3 is 0 Å². The van der Waals surface area contributed by atoms with Crippen molar-refractivity contribution in [3.05, 3.63) is 93.9 Å². The van der Waals surface area contributed by atoms with Gasteiger partial charge in [0.05, 0.1) is 15.6 Å². The van der Waals surface area contributed by atoms with Crippen molar-refractivity contribution in [3.8, 4) is 0 Å². The molecule has 3 aromatic rings. The van der Waals surface area contributed by atoms with Crippen molar-refractivity contribution in [2.45, 2.75) is 50.7 Å². The highest BCUT2D eigenvalue weighted by Gasteiger charge is 2.33. The van der Waals surface area contributed by atoms with Crippen LogP contribution in [0.15, 0.2) is 88.2 Å². The molecule has 202 valence electrons. The molecule has 0 bridgehead atoms. The molecule has 7 nitrogen and oxygen atoms in total. The first-order valence-corrected chi connectivity index (χ1v) is 14.8. The Morgan fingerprint density at radius 2 is 1.55 bits per heavy atom. The molecule has 0 heterocycles. The SMILES string of the molecule is CC[C@@H](C)NC(=O)[C@H](C)N(Cc1ccc(Br)cc1)C(=O)CN(c1ccccc1Cl)S(=O)(=O)c1ccccc1. The smallest absolute Gasteiger partial charge is 0.264 e. The van der Waals surface area contributed by atoms with Gasteiger partial charge in [0.2, 0.25) is 11.8 Å². The Balaban J connectivity index is 2.02. The van der Waals surface area contributed by atoms with Gasteiger partial charge in [-0.2, -0.15) is 0 Å². The number of halogens is 2. The van der Waals surface area contributed by atoms with Gasteiger partial charge in [0.1, 0.15) is 12.6 Å². The van der Waals surface area contributed by atoms with Crippen LogP contribution in [0.4, 0.5) is 5.69 Å². The molecular weight excluding hydrogens is 590 g/mol. The van der Waals surface area contributed by atoms with E-state index < -0.39 is 28.5 Å². The first kappa shape index (κ1) is 29.7. The molecule has 3 aromatic carbocycles. The quantitative estimate of drug-likeness (QED) is 0.301. The molecule has 0 aliphatic heterocycles. The zero-order chi connectivity index (χ0) is 27.9. The zero-order valence-corrected chi connectivity index (χ0v) is 24.6. The minimum absolute atomic E-state index is 0.0229. The maximum absolute atomic E-state index is 13.9. The fourth-order valence-corrected chi connectivity index (χ4v) is 5.73. The molecule has 2 atom stereocenters. The number of amides is 2. The first-order chi connectivity index (χ1) is 18.0. The van der Waals surface area contributed by atoms with Crippen molar-refractivity contribution in [3.63, 3.8) is 0 Å². The number of sulfonamides is 1. The van der Waals surface area contributed by atoms with Crippen molar-refractivity contribution in [2.75, 3.05) is 10.8 Å². The van der Waals surface area contributed by atoms with Gasteiger partial charge in [-0.1, -0.05) is 76.9 Å². The van der Waals surface area contributed by atoms with Gasteiger partial charge in [-0.05, 0) is 62.2 Å². The normalized spacial score (nSPS) is 12.9. The van der Waals surface area contributed by atoms with Gasteiger partial charge in [0.15, 0.2) is 0 Å². The van der Waals surface area contributed by atoms with E-state index >= 15 is 0 Å². The van der Waals surface area contributed by atoms with E-state index in [1.165, 1.54) is 17.0 Å². The van der Waals surface area contributed by atoms with E-state index in [9.17, 15) is 18.0 Å². The third kappa shape index (κ3) is 7.36. The summed E-state index contributed by atoms with van der Waals surface area (Å²) < 4.78 is 29.4. The lowest BCUT2D eigenvalue weighted by Gasteiger charge is -2.32. The highest BCUT2D eigenvalue weighted by atomic mass is 79.9. The maximum atomic E-state index is 13.9. The zero-order valence-electron chi connectivity index (χ0n) is 21.5. The van der Waals surface area contributed by atoms with E-state index in [1.807, 2.05) is 38.1 Å². The number of nitrogens with zero attached hydrogens (tertiary/aromatic N) is 2. The molecule has 38 heavy (non-hydrogen) atoms. The van der Waals surface area contributed by atoms with Crippen molar-refractivity contribution < 1.29 is 18.0 Å². The average Bonchev–Trinajstić information content (AvgIpc) is 2.91. The summed E-state index contributed by atoms with van der Waals surface area (Å²) in [4.78, 5) is 28.4. The number of nitrogens with one attached hydrogen (secondary N) is 1. The van der Waals surface area contributed by atoms with Crippen LogP contribution in [0.2, 0.25) is 5.02 Å². The van der Waals surface area contributed by atoms with Gasteiger partial charge in [-0.3, -0.25) is 13.9 Å². The Hall–Kier alpha value is -2.88. The maximum Gasteiger partial charge on any atom is 0.264 e. The van der Waals surface area contributed by atoms with E-state index in [-0.39, 0.29) is 34.1 Å². The molecule has 0 saturated carbocycles. The van der Waals surface area contributed by atoms with E-state index in [0.717, 1.165) is 20.8 Å². The molecule has 0 radical (unpaired) electrons. The Bertz CT molecular complexity index is 1350. The fraction of sp³-hybridized carbons (Fsp3) is 0.286. The average molecular weight is 621 g/mol. The fourth-order valence-electron chi connectivity index (χ4n) is 3.72. The number of carbonyl (C=O) groups is 2. The van der Waals surface area contributed by atoms with E-state index in [1.54, 1.807) is 49.4 Å². The van der Waals surface area contributed by atoms with Crippen LogP contribution in [0.3, 0.4) is 0 Å². The van der Waals surface area contributed by atoms with Crippen LogP contribution < -0.4 is 9.62 Å². The molecule has 0 saturated heterocycles. The molecule has 2 amide bonds. The van der Waals surface area contributed by atoms with Gasteiger partial charge in [0, 0.05) is 17.1 Å². The van der Waals surface area contributed by atoms with Crippen LogP contribution in [0.5, 0.6) is 0 Å². The van der Waals surface area contributed by atoms with E-state index in [0.29, 0.717) is 0 Å². The molecule has 0 fully saturated rings. The van der Waals surface area contributed by atoms with Crippen LogP contribution in [0.25, 0.3) is 0 Å². The van der Waals surface area contributed by atoms with Crippen molar-refractivity contribution in [1.29, 1.82) is 0 Å². The Kier molecular flexibility index (Phi) is 10.4. The second-order valence-corrected chi connectivity index (χ2v) is 12.1. The molecule has 0 spiro atoms. The third-order valence-electron chi connectivity index (χ3n) is 6.17. The molecule has 0 aliphatic rings. The number of carbonyl (C=O) groups excluding carboxylic acids is 2. The van der Waals surface area contributed by atoms with Crippen LogP contribution >= 0.6 is 27.5 Å². The summed E-state index contributed by atoms with van der Waals surface area (Å²) in [5.74, 6) is -0.862. The topological polar surface area (TPSA) is 86.8 Å². The summed E-state index contributed by atoms with van der Waals surface area (Å²) >= 11 is 9.81. The third-order valence-corrected chi connectivity index (χ3v) is 8.79. The summed E-state index contributed by atoms with van der Waals surface area (Å²) in [6.45, 7) is 5.05. The van der Waals surface area contributed by atoms with Crippen molar-refractivity contribution in [2.24, 2.45) is 0 Å². The number of hydrogen-bond donors (Lipinski definition) is 1. The largest absolute Gasteiger partial charge is 0.352 e. The number of rotatable bonds is 11. The lowest BCUT2D eigenvalue weighted by atomic mass is 10.1. The highest BCUT2D eigenvalue weighted by Crippen LogP contribution is 2.30. The van der Waals surface area contributed by atoms with E-state index in [4.69, 9.17) is 11.6 Å². The molecule has 0 unspecified atom stereocenters. The van der Waals surface area contributed by atoms with Gasteiger partial charge in [-0.25, -0.2) is 8.42 Å².